The summed E-state index contributed by atoms with van der Waals surface area (Å²) in [5, 5.41) is 14.2. The average molecular weight is 505 g/mol. The number of carbonyl (C=O) groups excluding carboxylic acids is 2. The number of hydrogen-bond acceptors (Lipinski definition) is 6. The molecule has 0 spiro atoms. The molecule has 0 saturated carbocycles. The second-order valence-corrected chi connectivity index (χ2v) is 9.03. The van der Waals surface area contributed by atoms with E-state index in [9.17, 15) is 23.2 Å². The molecular formula is C25H30F2N4O5. The number of carbonyl (C=O) groups is 3. The summed E-state index contributed by atoms with van der Waals surface area (Å²) in [6, 6.07) is 10.5. The Bertz CT molecular complexity index is 1120. The number of aryl methyl sites for hydroxylation is 1. The Morgan fingerprint density at radius 2 is 1.86 bits per heavy atom. The van der Waals surface area contributed by atoms with Crippen LogP contribution < -0.4 is 15.4 Å². The van der Waals surface area contributed by atoms with Crippen LogP contribution in [-0.2, 0) is 19.8 Å². The molecule has 1 aliphatic rings. The first-order valence-corrected chi connectivity index (χ1v) is 11.6. The minimum Gasteiger partial charge on any atom is -0.481 e. The molecular weight excluding hydrogens is 474 g/mol. The molecule has 0 radical (unpaired) electrons. The van der Waals surface area contributed by atoms with Crippen LogP contribution >= 0.6 is 0 Å². The summed E-state index contributed by atoms with van der Waals surface area (Å²) < 4.78 is 30.4. The van der Waals surface area contributed by atoms with Crippen LogP contribution in [0.25, 0.3) is 0 Å². The van der Waals surface area contributed by atoms with Gasteiger partial charge in [-0.15, -0.1) is 0 Å². The van der Waals surface area contributed by atoms with Crippen molar-refractivity contribution in [1.29, 1.82) is 0 Å². The van der Waals surface area contributed by atoms with E-state index in [1.807, 2.05) is 38.1 Å². The number of pyridine rings is 1. The van der Waals surface area contributed by atoms with Gasteiger partial charge in [0.05, 0.1) is 13.0 Å². The Labute approximate surface area is 207 Å². The lowest BCUT2D eigenvalue weighted by Gasteiger charge is -2.50. The highest BCUT2D eigenvalue weighted by atomic mass is 19.3. The Kier molecular flexibility index (Phi) is 8.57. The van der Waals surface area contributed by atoms with Gasteiger partial charge in [-0.1, -0.05) is 38.1 Å². The van der Waals surface area contributed by atoms with Crippen molar-refractivity contribution < 1.29 is 33.0 Å². The number of hydrogen-bond donors (Lipinski definition) is 3. The number of rotatable bonds is 11. The Morgan fingerprint density at radius 1 is 1.17 bits per heavy atom. The first kappa shape index (κ1) is 27.0. The molecule has 3 rings (SSSR count). The maximum atomic E-state index is 13.7. The summed E-state index contributed by atoms with van der Waals surface area (Å²) in [5.74, 6) is -2.01. The van der Waals surface area contributed by atoms with Gasteiger partial charge < -0.3 is 25.4 Å². The summed E-state index contributed by atoms with van der Waals surface area (Å²) in [4.78, 5) is 42.5. The predicted octanol–water partition coefficient (Wildman–Crippen LogP) is 2.90. The van der Waals surface area contributed by atoms with Crippen molar-refractivity contribution in [3.8, 4) is 5.88 Å². The molecule has 0 atom stereocenters. The second-order valence-electron chi connectivity index (χ2n) is 9.03. The van der Waals surface area contributed by atoms with E-state index in [4.69, 9.17) is 5.11 Å². The van der Waals surface area contributed by atoms with Crippen molar-refractivity contribution in [2.75, 3.05) is 31.5 Å². The van der Waals surface area contributed by atoms with Gasteiger partial charge in [0.1, 0.15) is 11.1 Å². The van der Waals surface area contributed by atoms with Crippen LogP contribution in [0.15, 0.2) is 36.4 Å². The van der Waals surface area contributed by atoms with E-state index in [0.29, 0.717) is 5.69 Å². The molecule has 11 heteroatoms. The standard InChI is InChI=1S/C25H30F2N4O5/c1-15(2)17-6-4-5-7-18(17)25(13-31(14-25)20(32)12-28-11-10-21(33)34)23(35)30-19-9-8-16(3)29-22(19)36-24(26)27/h4-9,15,24,28H,10-14H2,1-3H3,(H,30,35)(H,33,34). The number of halogens is 2. The molecule has 1 aromatic heterocycles. The number of nitrogens with zero attached hydrogens (tertiary/aromatic N) is 2. The van der Waals surface area contributed by atoms with Gasteiger partial charge in [0.15, 0.2) is 0 Å². The smallest absolute Gasteiger partial charge is 0.388 e. The summed E-state index contributed by atoms with van der Waals surface area (Å²) in [6.07, 6.45) is -0.116. The minimum atomic E-state index is -3.11. The van der Waals surface area contributed by atoms with Crippen LogP contribution in [-0.4, -0.2) is 65.6 Å². The Hall–Kier alpha value is -3.60. The van der Waals surface area contributed by atoms with Crippen molar-refractivity contribution >= 4 is 23.5 Å². The van der Waals surface area contributed by atoms with Crippen molar-refractivity contribution in [2.45, 2.75) is 45.1 Å². The topological polar surface area (TPSA) is 121 Å². The van der Waals surface area contributed by atoms with E-state index < -0.39 is 23.9 Å². The number of likely N-dealkylation sites (tertiary alicyclic amines) is 1. The SMILES string of the molecule is Cc1ccc(NC(=O)C2(c3ccccc3C(C)C)CN(C(=O)CNCCC(=O)O)C2)c(OC(F)F)n1. The van der Waals surface area contributed by atoms with Gasteiger partial charge in [-0.25, -0.2) is 4.98 Å². The lowest BCUT2D eigenvalue weighted by molar-refractivity contribution is -0.143. The van der Waals surface area contributed by atoms with E-state index in [2.05, 4.69) is 20.4 Å². The van der Waals surface area contributed by atoms with Crippen LogP contribution in [0, 0.1) is 6.92 Å². The molecule has 3 N–H and O–H groups in total. The highest BCUT2D eigenvalue weighted by Crippen LogP contribution is 2.40. The lowest BCUT2D eigenvalue weighted by Crippen LogP contribution is -2.67. The van der Waals surface area contributed by atoms with E-state index in [1.165, 1.54) is 11.0 Å². The highest BCUT2D eigenvalue weighted by Gasteiger charge is 2.53. The van der Waals surface area contributed by atoms with Crippen LogP contribution in [0.4, 0.5) is 14.5 Å². The van der Waals surface area contributed by atoms with Crippen molar-refractivity contribution in [1.82, 2.24) is 15.2 Å². The lowest BCUT2D eigenvalue weighted by atomic mass is 9.69. The van der Waals surface area contributed by atoms with E-state index in [0.717, 1.165) is 11.1 Å². The summed E-state index contributed by atoms with van der Waals surface area (Å²) in [7, 11) is 0. The molecule has 1 aliphatic heterocycles. The maximum Gasteiger partial charge on any atom is 0.388 e. The quantitative estimate of drug-likeness (QED) is 0.403. The third-order valence-electron chi connectivity index (χ3n) is 6.05. The normalized spacial score (nSPS) is 14.5. The number of benzene rings is 1. The fourth-order valence-corrected chi connectivity index (χ4v) is 4.20. The van der Waals surface area contributed by atoms with Gasteiger partial charge in [-0.3, -0.25) is 14.4 Å². The summed E-state index contributed by atoms with van der Waals surface area (Å²) >= 11 is 0. The van der Waals surface area contributed by atoms with E-state index >= 15 is 0 Å². The molecule has 1 aromatic carbocycles. The molecule has 1 fully saturated rings. The number of alkyl halides is 2. The van der Waals surface area contributed by atoms with Crippen LogP contribution in [0.1, 0.15) is 43.0 Å². The number of aliphatic carboxylic acids is 1. The average Bonchev–Trinajstić information content (AvgIpc) is 2.77. The molecule has 36 heavy (non-hydrogen) atoms. The number of anilines is 1. The number of carboxylic acid groups (broad SMARTS) is 1. The molecule has 2 aromatic rings. The first-order valence-electron chi connectivity index (χ1n) is 11.6. The van der Waals surface area contributed by atoms with Crippen LogP contribution in [0.5, 0.6) is 5.88 Å². The van der Waals surface area contributed by atoms with Crippen molar-refractivity contribution in [2.24, 2.45) is 0 Å². The molecule has 2 amide bonds. The minimum absolute atomic E-state index is 0.00687. The predicted molar refractivity (Wildman–Crippen MR) is 128 cm³/mol. The summed E-state index contributed by atoms with van der Waals surface area (Å²) in [5.41, 5.74) is 1.01. The third-order valence-corrected chi connectivity index (χ3v) is 6.05. The van der Waals surface area contributed by atoms with Gasteiger partial charge in [0.25, 0.3) is 0 Å². The zero-order valence-corrected chi connectivity index (χ0v) is 20.4. The zero-order chi connectivity index (χ0) is 26.5. The molecule has 9 nitrogen and oxygen atoms in total. The van der Waals surface area contributed by atoms with Crippen molar-refractivity contribution in [3.05, 3.63) is 53.2 Å². The molecule has 0 bridgehead atoms. The monoisotopic (exact) mass is 504 g/mol. The fraction of sp³-hybridized carbons (Fsp3) is 0.440. The third kappa shape index (κ3) is 6.14. The first-order chi connectivity index (χ1) is 17.0. The van der Waals surface area contributed by atoms with Crippen molar-refractivity contribution in [3.63, 3.8) is 0 Å². The molecule has 0 aliphatic carbocycles. The highest BCUT2D eigenvalue weighted by molar-refractivity contribution is 6.02. The maximum absolute atomic E-state index is 13.7. The number of aromatic nitrogens is 1. The summed E-state index contributed by atoms with van der Waals surface area (Å²) in [6.45, 7) is 2.72. The Morgan fingerprint density at radius 3 is 2.50 bits per heavy atom. The van der Waals surface area contributed by atoms with Gasteiger partial charge in [0.2, 0.25) is 17.7 Å². The van der Waals surface area contributed by atoms with Crippen LogP contribution in [0.2, 0.25) is 0 Å². The molecule has 1 saturated heterocycles. The second kappa shape index (κ2) is 11.4. The largest absolute Gasteiger partial charge is 0.481 e. The number of ether oxygens (including phenoxy) is 1. The molecule has 0 unspecified atom stereocenters. The Balaban J connectivity index is 1.87. The number of amides is 2. The van der Waals surface area contributed by atoms with Gasteiger partial charge in [-0.05, 0) is 36.1 Å². The van der Waals surface area contributed by atoms with E-state index in [-0.39, 0.29) is 56.0 Å². The zero-order valence-electron chi connectivity index (χ0n) is 20.4. The van der Waals surface area contributed by atoms with Gasteiger partial charge in [-0.2, -0.15) is 8.78 Å². The van der Waals surface area contributed by atoms with Crippen LogP contribution in [0.3, 0.4) is 0 Å². The number of carboxylic acids is 1. The number of nitrogens with one attached hydrogen (secondary N) is 2. The van der Waals surface area contributed by atoms with E-state index in [1.54, 1.807) is 13.0 Å². The van der Waals surface area contributed by atoms with Gasteiger partial charge >= 0.3 is 12.6 Å². The molecule has 2 heterocycles. The fourth-order valence-electron chi connectivity index (χ4n) is 4.20. The molecule has 194 valence electrons. The van der Waals surface area contributed by atoms with Gasteiger partial charge in [0, 0.05) is 25.3 Å².